The number of rotatable bonds is 4. The Balaban J connectivity index is 4.76. The molecule has 0 aromatic carbocycles. The highest BCUT2D eigenvalue weighted by Gasteiger charge is 2.35. The number of likely N-dealkylation sites (N-methyl/N-ethyl adjacent to an activating group) is 1. The normalized spacial score (nSPS) is 11.1. The fraction of sp³-hybridized carbons (Fsp3) is 0.750. The average Bonchev–Trinajstić information content (AvgIpc) is 2.04. The molecule has 3 N–H and O–H groups in total. The van der Waals surface area contributed by atoms with Crippen molar-refractivity contribution in [3.8, 4) is 0 Å². The Labute approximate surface area is 77.5 Å². The van der Waals surface area contributed by atoms with Crippen LogP contribution >= 0.6 is 0 Å². The Morgan fingerprint density at radius 3 is 2.15 bits per heavy atom. The lowest BCUT2D eigenvalue weighted by Gasteiger charge is -2.33. The summed E-state index contributed by atoms with van der Waals surface area (Å²) in [5, 5.41) is 8.85. The summed E-state index contributed by atoms with van der Waals surface area (Å²) < 4.78 is 0. The van der Waals surface area contributed by atoms with Crippen molar-refractivity contribution in [1.82, 2.24) is 4.90 Å². The van der Waals surface area contributed by atoms with Gasteiger partial charge in [-0.2, -0.15) is 0 Å². The van der Waals surface area contributed by atoms with Gasteiger partial charge in [-0.3, -0.25) is 4.79 Å². The van der Waals surface area contributed by atoms with E-state index in [1.165, 1.54) is 18.7 Å². The van der Waals surface area contributed by atoms with Crippen LogP contribution in [-0.2, 0) is 9.59 Å². The van der Waals surface area contributed by atoms with Crippen molar-refractivity contribution in [2.24, 2.45) is 5.73 Å². The van der Waals surface area contributed by atoms with Crippen LogP contribution in [0, 0.1) is 0 Å². The molecule has 0 bridgehead atoms. The molecule has 0 spiro atoms. The molecule has 0 aromatic heterocycles. The second-order valence-corrected chi connectivity index (χ2v) is 3.21. The number of nitrogens with zero attached hydrogens (tertiary/aromatic N) is 1. The summed E-state index contributed by atoms with van der Waals surface area (Å²) in [7, 11) is 0. The first kappa shape index (κ1) is 11.9. The summed E-state index contributed by atoms with van der Waals surface area (Å²) in [4.78, 5) is 23.3. The van der Waals surface area contributed by atoms with Crippen LogP contribution < -0.4 is 5.73 Å². The first-order chi connectivity index (χ1) is 5.87. The van der Waals surface area contributed by atoms with Crippen molar-refractivity contribution in [3.63, 3.8) is 0 Å². The van der Waals surface area contributed by atoms with Crippen LogP contribution in [-0.4, -0.2) is 40.5 Å². The molecule has 0 atom stereocenters. The number of carboxylic acid groups (broad SMARTS) is 1. The van der Waals surface area contributed by atoms with Gasteiger partial charge in [0.25, 0.3) is 0 Å². The molecule has 0 heterocycles. The van der Waals surface area contributed by atoms with E-state index in [0.29, 0.717) is 6.54 Å². The van der Waals surface area contributed by atoms with Crippen LogP contribution in [0.2, 0.25) is 0 Å². The van der Waals surface area contributed by atoms with E-state index in [4.69, 9.17) is 10.8 Å². The number of aliphatic carboxylic acids is 1. The number of nitrogens with two attached hydrogens (primary N) is 1. The highest BCUT2D eigenvalue weighted by atomic mass is 16.4. The van der Waals surface area contributed by atoms with Crippen LogP contribution in [0.4, 0.5) is 0 Å². The third-order valence-electron chi connectivity index (χ3n) is 1.99. The number of carbonyl (C=O) groups is 2. The zero-order chi connectivity index (χ0) is 10.6. The second-order valence-electron chi connectivity index (χ2n) is 3.21. The van der Waals surface area contributed by atoms with Crippen LogP contribution in [0.15, 0.2) is 0 Å². The molecule has 0 aliphatic rings. The van der Waals surface area contributed by atoms with Crippen LogP contribution in [0.3, 0.4) is 0 Å². The summed E-state index contributed by atoms with van der Waals surface area (Å²) in [5.74, 6) is -1.38. The van der Waals surface area contributed by atoms with Gasteiger partial charge in [-0.25, -0.2) is 4.79 Å². The van der Waals surface area contributed by atoms with Crippen molar-refractivity contribution < 1.29 is 14.7 Å². The van der Waals surface area contributed by atoms with E-state index < -0.39 is 11.5 Å². The van der Waals surface area contributed by atoms with Gasteiger partial charge >= 0.3 is 5.97 Å². The van der Waals surface area contributed by atoms with Gasteiger partial charge < -0.3 is 15.7 Å². The fourth-order valence-electron chi connectivity index (χ4n) is 1.11. The molecular weight excluding hydrogens is 172 g/mol. The van der Waals surface area contributed by atoms with Crippen LogP contribution in [0.1, 0.15) is 20.8 Å². The number of carbonyl (C=O) groups excluding carboxylic acids is 1. The highest BCUT2D eigenvalue weighted by Crippen LogP contribution is 2.14. The Hall–Kier alpha value is -1.10. The van der Waals surface area contributed by atoms with Crippen LogP contribution in [0.25, 0.3) is 0 Å². The molecule has 0 aromatic rings. The maximum atomic E-state index is 11.2. The minimum absolute atomic E-state index is 0.162. The van der Waals surface area contributed by atoms with Gasteiger partial charge in [0.15, 0.2) is 0 Å². The van der Waals surface area contributed by atoms with Crippen molar-refractivity contribution >= 4 is 11.9 Å². The molecule has 0 rings (SSSR count). The number of hydrogen-bond acceptors (Lipinski definition) is 3. The van der Waals surface area contributed by atoms with Crippen LogP contribution in [0.5, 0.6) is 0 Å². The molecule has 13 heavy (non-hydrogen) atoms. The molecule has 0 saturated carbocycles. The molecule has 0 unspecified atom stereocenters. The summed E-state index contributed by atoms with van der Waals surface area (Å²) in [6.45, 7) is 4.86. The van der Waals surface area contributed by atoms with Gasteiger partial charge in [-0.1, -0.05) is 0 Å². The number of amides is 1. The lowest BCUT2D eigenvalue weighted by Crippen LogP contribution is -2.54. The van der Waals surface area contributed by atoms with Crippen molar-refractivity contribution in [2.75, 3.05) is 13.1 Å². The maximum Gasteiger partial charge on any atom is 0.329 e. The molecule has 1 amide bonds. The third-order valence-corrected chi connectivity index (χ3v) is 1.99. The monoisotopic (exact) mass is 188 g/mol. The Morgan fingerprint density at radius 1 is 1.46 bits per heavy atom. The summed E-state index contributed by atoms with van der Waals surface area (Å²) in [5.41, 5.74) is 3.97. The quantitative estimate of drug-likeness (QED) is 0.632. The van der Waals surface area contributed by atoms with Gasteiger partial charge in [-0.15, -0.1) is 0 Å². The molecule has 5 heteroatoms. The molecule has 0 fully saturated rings. The number of hydrogen-bond donors (Lipinski definition) is 2. The Kier molecular flexibility index (Phi) is 3.87. The smallest absolute Gasteiger partial charge is 0.329 e. The van der Waals surface area contributed by atoms with Crippen molar-refractivity contribution in [2.45, 2.75) is 26.3 Å². The molecule has 0 aliphatic carbocycles. The third kappa shape index (κ3) is 2.42. The van der Waals surface area contributed by atoms with Gasteiger partial charge in [0, 0.05) is 6.54 Å². The molecule has 5 nitrogen and oxygen atoms in total. The largest absolute Gasteiger partial charge is 0.480 e. The summed E-state index contributed by atoms with van der Waals surface area (Å²) >= 11 is 0. The first-order valence-electron chi connectivity index (χ1n) is 4.11. The van der Waals surface area contributed by atoms with Crippen molar-refractivity contribution in [3.05, 3.63) is 0 Å². The maximum absolute atomic E-state index is 11.2. The van der Waals surface area contributed by atoms with Gasteiger partial charge in [0.05, 0.1) is 6.54 Å². The molecule has 0 saturated heterocycles. The summed E-state index contributed by atoms with van der Waals surface area (Å²) in [6.07, 6.45) is 0. The fourth-order valence-corrected chi connectivity index (χ4v) is 1.11. The predicted molar refractivity (Wildman–Crippen MR) is 48.2 cm³/mol. The van der Waals surface area contributed by atoms with E-state index in [1.54, 1.807) is 6.92 Å². The number of carboxylic acids is 1. The van der Waals surface area contributed by atoms with Gasteiger partial charge in [0.2, 0.25) is 5.91 Å². The zero-order valence-electron chi connectivity index (χ0n) is 8.20. The van der Waals surface area contributed by atoms with Gasteiger partial charge in [0.1, 0.15) is 5.54 Å². The zero-order valence-corrected chi connectivity index (χ0v) is 8.20. The molecule has 0 radical (unpaired) electrons. The second kappa shape index (κ2) is 4.23. The lowest BCUT2D eigenvalue weighted by molar-refractivity contribution is -0.156. The van der Waals surface area contributed by atoms with Gasteiger partial charge in [-0.05, 0) is 20.8 Å². The van der Waals surface area contributed by atoms with E-state index in [-0.39, 0.29) is 12.5 Å². The Morgan fingerprint density at radius 2 is 1.92 bits per heavy atom. The molecule has 0 aliphatic heterocycles. The first-order valence-corrected chi connectivity index (χ1v) is 4.11. The van der Waals surface area contributed by atoms with E-state index >= 15 is 0 Å². The molecular formula is C8H16N2O3. The van der Waals surface area contributed by atoms with E-state index in [0.717, 1.165) is 0 Å². The van der Waals surface area contributed by atoms with E-state index in [1.807, 2.05) is 0 Å². The minimum atomic E-state index is -1.19. The topological polar surface area (TPSA) is 83.6 Å². The standard InChI is InChI=1S/C8H16N2O3/c1-4-10(6(11)5-9)8(2,3)7(12)13/h4-5,9H2,1-3H3,(H,12,13). The minimum Gasteiger partial charge on any atom is -0.480 e. The van der Waals surface area contributed by atoms with E-state index in [2.05, 4.69) is 0 Å². The average molecular weight is 188 g/mol. The SMILES string of the molecule is CCN(C(=O)CN)C(C)(C)C(=O)O. The Bertz CT molecular complexity index is 213. The lowest BCUT2D eigenvalue weighted by atomic mass is 10.0. The molecule has 76 valence electrons. The highest BCUT2D eigenvalue weighted by molar-refractivity contribution is 5.87. The predicted octanol–water partition coefficient (Wildman–Crippen LogP) is -0.343. The van der Waals surface area contributed by atoms with E-state index in [9.17, 15) is 9.59 Å². The summed E-state index contributed by atoms with van der Waals surface area (Å²) in [6, 6.07) is 0. The van der Waals surface area contributed by atoms with Crippen molar-refractivity contribution in [1.29, 1.82) is 0 Å².